The van der Waals surface area contributed by atoms with Crippen LogP contribution in [0.3, 0.4) is 0 Å². The number of aliphatic carboxylic acids is 1. The number of hydrogen-bond acceptors (Lipinski definition) is 15. The normalized spacial score (nSPS) is 19.9. The molecular weight excluding hydrogens is 539 g/mol. The first-order valence-electron chi connectivity index (χ1n) is 10.00. The maximum absolute atomic E-state index is 13.0. The van der Waals surface area contributed by atoms with Gasteiger partial charge in [0.15, 0.2) is 9.47 Å². The lowest BCUT2D eigenvalue weighted by Gasteiger charge is -2.49. The molecule has 18 heteroatoms. The van der Waals surface area contributed by atoms with Gasteiger partial charge in [0.2, 0.25) is 11.5 Å². The van der Waals surface area contributed by atoms with Crippen molar-refractivity contribution >= 4 is 75.0 Å². The van der Waals surface area contributed by atoms with Crippen LogP contribution in [-0.2, 0) is 19.2 Å². The van der Waals surface area contributed by atoms with E-state index in [2.05, 4.69) is 30.0 Å². The number of amides is 2. The molecular formula is C17H19N9O5S4. The summed E-state index contributed by atoms with van der Waals surface area (Å²) < 4.78 is 4.69. The molecule has 2 atom stereocenters. The standard InChI is InChI=1S/C17H19N9O5S4/c18-2-1-3-31-24-8(11-22-16(19)35-25-11)12(27)21-9-13(28)26-10(15(29)30)7(4-32-14(9)26)5-33-17-23-20-6-34-17/h6,9,14H,1-5,18H2,(H,21,27)(H,29,30)(H2,19,22,25)/t9?,14-/m0/s1. The number of hydrogen-bond donors (Lipinski definition) is 4. The average Bonchev–Trinajstić information content (AvgIpc) is 3.52. The monoisotopic (exact) mass is 557 g/mol. The quantitative estimate of drug-likeness (QED) is 0.0909. The second-order valence-electron chi connectivity index (χ2n) is 6.98. The number of β-lactam (4-membered cyclic amide) rings is 1. The molecule has 4 heterocycles. The Morgan fingerprint density at radius 1 is 1.43 bits per heavy atom. The minimum absolute atomic E-state index is 0.0419. The summed E-state index contributed by atoms with van der Waals surface area (Å²) >= 11 is 4.93. The van der Waals surface area contributed by atoms with Crippen molar-refractivity contribution in [1.29, 1.82) is 0 Å². The number of carboxylic acids is 1. The molecule has 0 aliphatic carbocycles. The molecule has 0 saturated carbocycles. The maximum atomic E-state index is 13.0. The van der Waals surface area contributed by atoms with E-state index in [1.54, 1.807) is 5.51 Å². The zero-order valence-electron chi connectivity index (χ0n) is 17.8. The Hall–Kier alpha value is -2.80. The molecule has 0 bridgehead atoms. The average molecular weight is 558 g/mol. The van der Waals surface area contributed by atoms with Crippen molar-refractivity contribution in [3.05, 3.63) is 22.6 Å². The van der Waals surface area contributed by atoms with Gasteiger partial charge in [-0.2, -0.15) is 9.36 Å². The number of anilines is 1. The highest BCUT2D eigenvalue weighted by atomic mass is 32.2. The number of nitrogens with zero attached hydrogens (tertiary/aromatic N) is 6. The second kappa shape index (κ2) is 11.3. The molecule has 35 heavy (non-hydrogen) atoms. The van der Waals surface area contributed by atoms with E-state index >= 15 is 0 Å². The first-order chi connectivity index (χ1) is 16.9. The molecule has 1 saturated heterocycles. The summed E-state index contributed by atoms with van der Waals surface area (Å²) in [5.74, 6) is -1.81. The number of nitrogens with one attached hydrogen (secondary N) is 1. The largest absolute Gasteiger partial charge is 0.477 e. The fourth-order valence-electron chi connectivity index (χ4n) is 3.15. The van der Waals surface area contributed by atoms with Gasteiger partial charge in [0, 0.05) is 23.0 Å². The van der Waals surface area contributed by atoms with Crippen molar-refractivity contribution in [2.24, 2.45) is 10.9 Å². The number of fused-ring (bicyclic) bond motifs is 1. The number of carbonyl (C=O) groups is 3. The van der Waals surface area contributed by atoms with Gasteiger partial charge in [-0.1, -0.05) is 28.3 Å². The fraction of sp³-hybridized carbons (Fsp3) is 0.412. The van der Waals surface area contributed by atoms with E-state index in [0.29, 0.717) is 34.4 Å². The van der Waals surface area contributed by atoms with Crippen LogP contribution in [0.5, 0.6) is 0 Å². The van der Waals surface area contributed by atoms with Crippen LogP contribution in [0.1, 0.15) is 12.2 Å². The Kier molecular flexibility index (Phi) is 8.16. The highest BCUT2D eigenvalue weighted by Gasteiger charge is 2.54. The van der Waals surface area contributed by atoms with Gasteiger partial charge in [0.25, 0.3) is 11.8 Å². The molecule has 14 nitrogen and oxygen atoms in total. The van der Waals surface area contributed by atoms with E-state index in [9.17, 15) is 19.5 Å². The lowest BCUT2D eigenvalue weighted by molar-refractivity contribution is -0.150. The molecule has 2 aliphatic heterocycles. The zero-order chi connectivity index (χ0) is 24.9. The van der Waals surface area contributed by atoms with Crippen molar-refractivity contribution in [1.82, 2.24) is 29.8 Å². The van der Waals surface area contributed by atoms with Gasteiger partial charge in [0.05, 0.1) is 0 Å². The van der Waals surface area contributed by atoms with Crippen molar-refractivity contribution in [3.8, 4) is 0 Å². The van der Waals surface area contributed by atoms with E-state index in [1.165, 1.54) is 39.8 Å². The smallest absolute Gasteiger partial charge is 0.352 e. The number of carbonyl (C=O) groups excluding carboxylic acids is 2. The third kappa shape index (κ3) is 5.56. The third-order valence-electron chi connectivity index (χ3n) is 4.71. The zero-order valence-corrected chi connectivity index (χ0v) is 21.1. The molecule has 2 aromatic rings. The topological polar surface area (TPSA) is 212 Å². The van der Waals surface area contributed by atoms with Gasteiger partial charge in [-0.25, -0.2) is 4.79 Å². The Morgan fingerprint density at radius 2 is 2.26 bits per heavy atom. The van der Waals surface area contributed by atoms with Crippen molar-refractivity contribution in [3.63, 3.8) is 0 Å². The summed E-state index contributed by atoms with van der Waals surface area (Å²) in [5.41, 5.74) is 12.9. The highest BCUT2D eigenvalue weighted by Crippen LogP contribution is 2.41. The Morgan fingerprint density at radius 3 is 2.91 bits per heavy atom. The van der Waals surface area contributed by atoms with Crippen LogP contribution in [0, 0.1) is 0 Å². The van der Waals surface area contributed by atoms with Gasteiger partial charge in [-0.15, -0.1) is 22.0 Å². The van der Waals surface area contributed by atoms with Crippen LogP contribution in [0.4, 0.5) is 5.13 Å². The minimum Gasteiger partial charge on any atom is -0.477 e. The molecule has 4 rings (SSSR count). The van der Waals surface area contributed by atoms with Crippen molar-refractivity contribution in [2.75, 3.05) is 30.4 Å². The molecule has 0 aromatic carbocycles. The van der Waals surface area contributed by atoms with E-state index in [0.717, 1.165) is 11.5 Å². The Balaban J connectivity index is 1.47. The molecule has 186 valence electrons. The minimum atomic E-state index is -1.21. The first-order valence-corrected chi connectivity index (χ1v) is 13.7. The molecule has 1 fully saturated rings. The van der Waals surface area contributed by atoms with Crippen molar-refractivity contribution < 1.29 is 24.3 Å². The van der Waals surface area contributed by atoms with Crippen LogP contribution in [-0.4, -0.2) is 89.1 Å². The second-order valence-corrected chi connectivity index (χ2v) is 10.9. The highest BCUT2D eigenvalue weighted by molar-refractivity contribution is 8.01. The van der Waals surface area contributed by atoms with Crippen LogP contribution in [0.2, 0.25) is 0 Å². The summed E-state index contributed by atoms with van der Waals surface area (Å²) in [4.78, 5) is 48.2. The fourth-order valence-corrected chi connectivity index (χ4v) is 6.56. The van der Waals surface area contributed by atoms with E-state index in [4.69, 9.17) is 16.3 Å². The molecule has 2 amide bonds. The van der Waals surface area contributed by atoms with Crippen LogP contribution >= 0.6 is 46.4 Å². The number of carboxylic acid groups (broad SMARTS) is 1. The van der Waals surface area contributed by atoms with Crippen LogP contribution in [0.15, 0.2) is 26.3 Å². The molecule has 2 aromatic heterocycles. The number of nitrogens with two attached hydrogens (primary N) is 2. The summed E-state index contributed by atoms with van der Waals surface area (Å²) in [6.07, 6.45) is 0.518. The van der Waals surface area contributed by atoms with E-state index in [-0.39, 0.29) is 29.0 Å². The molecule has 0 spiro atoms. The maximum Gasteiger partial charge on any atom is 0.352 e. The van der Waals surface area contributed by atoms with Gasteiger partial charge in [0.1, 0.15) is 29.2 Å². The Bertz CT molecular complexity index is 1170. The number of rotatable bonds is 11. The lowest BCUT2D eigenvalue weighted by atomic mass is 10.0. The Labute approximate surface area is 214 Å². The van der Waals surface area contributed by atoms with Gasteiger partial charge in [-0.05, 0) is 18.5 Å². The molecule has 6 N–H and O–H groups in total. The summed E-state index contributed by atoms with van der Waals surface area (Å²) in [5, 5.41) is 23.5. The van der Waals surface area contributed by atoms with Crippen LogP contribution in [0.25, 0.3) is 0 Å². The SMILES string of the molecule is NCCCON=C(C(=O)NC1C(=O)N2C(C(=O)O)=C(CSc3nncs3)CS[C@@H]12)c1nsc(N)n1. The number of aromatic nitrogens is 4. The van der Waals surface area contributed by atoms with Gasteiger partial charge >= 0.3 is 5.97 Å². The molecule has 0 radical (unpaired) electrons. The van der Waals surface area contributed by atoms with E-state index < -0.39 is 29.2 Å². The first kappa shape index (κ1) is 25.3. The number of thioether (sulfide) groups is 2. The molecule has 2 aliphatic rings. The van der Waals surface area contributed by atoms with Gasteiger partial charge in [-0.3, -0.25) is 14.5 Å². The predicted octanol–water partition coefficient (Wildman–Crippen LogP) is -0.428. The summed E-state index contributed by atoms with van der Waals surface area (Å²) in [6, 6.07) is -0.954. The molecule has 1 unspecified atom stereocenters. The lowest BCUT2D eigenvalue weighted by Crippen LogP contribution is -2.71. The van der Waals surface area contributed by atoms with Crippen LogP contribution < -0.4 is 16.8 Å². The number of oxime groups is 1. The van der Waals surface area contributed by atoms with E-state index in [1.807, 2.05) is 0 Å². The third-order valence-corrected chi connectivity index (χ3v) is 8.54. The predicted molar refractivity (Wildman–Crippen MR) is 131 cm³/mol. The van der Waals surface area contributed by atoms with Crippen molar-refractivity contribution in [2.45, 2.75) is 22.2 Å². The summed E-state index contributed by atoms with van der Waals surface area (Å²) in [6.45, 7) is 0.553. The number of nitrogen functional groups attached to an aromatic ring is 1. The summed E-state index contributed by atoms with van der Waals surface area (Å²) in [7, 11) is 0. The van der Waals surface area contributed by atoms with Gasteiger partial charge < -0.3 is 26.7 Å².